The monoisotopic (exact) mass is 285 g/mol. The largest absolute Gasteiger partial charge is 0.399 e. The average Bonchev–Trinajstić information content (AvgIpc) is 2.98. The van der Waals surface area contributed by atoms with Gasteiger partial charge in [-0.25, -0.2) is 15.0 Å². The zero-order valence-corrected chi connectivity index (χ0v) is 11.9. The third kappa shape index (κ3) is 2.55. The van der Waals surface area contributed by atoms with Gasteiger partial charge in [-0.3, -0.25) is 0 Å². The zero-order chi connectivity index (χ0) is 13.9. The summed E-state index contributed by atoms with van der Waals surface area (Å²) in [5.41, 5.74) is 7.33. The highest BCUT2D eigenvalue weighted by Gasteiger charge is 2.09. The second-order valence-electron chi connectivity index (χ2n) is 4.65. The van der Waals surface area contributed by atoms with E-state index in [4.69, 9.17) is 5.73 Å². The normalized spacial score (nSPS) is 12.4. The summed E-state index contributed by atoms with van der Waals surface area (Å²) in [6.45, 7) is 2.93. The molecule has 5 nitrogen and oxygen atoms in total. The molecule has 3 rings (SSSR count). The third-order valence-corrected chi connectivity index (χ3v) is 4.12. The van der Waals surface area contributed by atoms with Crippen LogP contribution in [0, 0.1) is 0 Å². The van der Waals surface area contributed by atoms with E-state index in [0.717, 1.165) is 28.3 Å². The van der Waals surface area contributed by atoms with Gasteiger partial charge in [-0.2, -0.15) is 0 Å². The van der Waals surface area contributed by atoms with Crippen LogP contribution in [0.5, 0.6) is 0 Å². The van der Waals surface area contributed by atoms with Crippen molar-refractivity contribution in [2.75, 3.05) is 17.6 Å². The molecule has 0 aliphatic heterocycles. The van der Waals surface area contributed by atoms with E-state index >= 15 is 0 Å². The number of benzene rings is 1. The van der Waals surface area contributed by atoms with Crippen molar-refractivity contribution in [1.29, 1.82) is 0 Å². The van der Waals surface area contributed by atoms with E-state index in [2.05, 4.69) is 27.2 Å². The number of nitrogen functional groups attached to an aromatic ring is 1. The maximum atomic E-state index is 5.77. The number of fused-ring (bicyclic) bond motifs is 1. The first kappa shape index (κ1) is 12.8. The number of nitrogens with zero attached hydrogens (tertiary/aromatic N) is 3. The third-order valence-electron chi connectivity index (χ3n) is 3.11. The van der Waals surface area contributed by atoms with Gasteiger partial charge in [0.05, 0.1) is 10.5 Å². The Balaban J connectivity index is 1.81. The fourth-order valence-corrected chi connectivity index (χ4v) is 2.73. The van der Waals surface area contributed by atoms with Gasteiger partial charge in [-0.15, -0.1) is 11.3 Å². The summed E-state index contributed by atoms with van der Waals surface area (Å²) < 4.78 is 0. The molecule has 0 fully saturated rings. The van der Waals surface area contributed by atoms with Gasteiger partial charge >= 0.3 is 0 Å². The van der Waals surface area contributed by atoms with Crippen LogP contribution in [-0.4, -0.2) is 21.5 Å². The van der Waals surface area contributed by atoms with E-state index in [1.165, 1.54) is 0 Å². The maximum absolute atomic E-state index is 5.77. The van der Waals surface area contributed by atoms with Crippen molar-refractivity contribution in [2.24, 2.45) is 0 Å². The van der Waals surface area contributed by atoms with Crippen LogP contribution in [0.25, 0.3) is 10.9 Å². The lowest BCUT2D eigenvalue weighted by Crippen LogP contribution is -2.11. The molecular formula is C14H15N5S. The highest BCUT2D eigenvalue weighted by atomic mass is 32.1. The second-order valence-corrected chi connectivity index (χ2v) is 5.58. The molecule has 1 aromatic carbocycles. The first-order valence-electron chi connectivity index (χ1n) is 6.37. The summed E-state index contributed by atoms with van der Waals surface area (Å²) in [6, 6.07) is 5.66. The fourth-order valence-electron chi connectivity index (χ4n) is 2.03. The molecule has 0 saturated carbocycles. The van der Waals surface area contributed by atoms with Crippen molar-refractivity contribution < 1.29 is 0 Å². The molecule has 0 radical (unpaired) electrons. The lowest BCUT2D eigenvalue weighted by Gasteiger charge is -2.12. The van der Waals surface area contributed by atoms with E-state index in [-0.39, 0.29) is 0 Å². The van der Waals surface area contributed by atoms with Crippen LogP contribution in [0.1, 0.15) is 17.8 Å². The predicted molar refractivity (Wildman–Crippen MR) is 83.0 cm³/mol. The van der Waals surface area contributed by atoms with Crippen LogP contribution in [-0.2, 0) is 0 Å². The minimum Gasteiger partial charge on any atom is -0.399 e. The number of anilines is 2. The van der Waals surface area contributed by atoms with Crippen molar-refractivity contribution >= 4 is 33.7 Å². The molecule has 1 atom stereocenters. The first-order chi connectivity index (χ1) is 9.74. The van der Waals surface area contributed by atoms with Gasteiger partial charge in [0.1, 0.15) is 12.1 Å². The fraction of sp³-hybridized carbons (Fsp3) is 0.214. The molecule has 0 saturated heterocycles. The van der Waals surface area contributed by atoms with Crippen LogP contribution in [0.4, 0.5) is 11.5 Å². The van der Waals surface area contributed by atoms with Gasteiger partial charge in [-0.05, 0) is 18.2 Å². The number of nitrogens with two attached hydrogens (primary N) is 1. The Hall–Kier alpha value is -2.21. The number of nitrogens with one attached hydrogen (secondary N) is 1. The Bertz CT molecular complexity index is 711. The van der Waals surface area contributed by atoms with Gasteiger partial charge in [-0.1, -0.05) is 6.92 Å². The van der Waals surface area contributed by atoms with Crippen LogP contribution in [0.3, 0.4) is 0 Å². The molecule has 0 spiro atoms. The Morgan fingerprint density at radius 2 is 2.20 bits per heavy atom. The predicted octanol–water partition coefficient (Wildman–Crippen LogP) is 2.88. The number of hydrogen-bond acceptors (Lipinski definition) is 6. The number of rotatable bonds is 4. The van der Waals surface area contributed by atoms with Gasteiger partial charge < -0.3 is 11.1 Å². The summed E-state index contributed by atoms with van der Waals surface area (Å²) in [4.78, 5) is 12.9. The van der Waals surface area contributed by atoms with Crippen LogP contribution in [0.15, 0.2) is 36.1 Å². The Labute approximate surface area is 120 Å². The van der Waals surface area contributed by atoms with Gasteiger partial charge in [0, 0.05) is 35.1 Å². The number of hydrogen-bond donors (Lipinski definition) is 2. The Morgan fingerprint density at radius 1 is 1.30 bits per heavy atom. The van der Waals surface area contributed by atoms with E-state index in [1.54, 1.807) is 17.7 Å². The first-order valence-corrected chi connectivity index (χ1v) is 7.25. The Kier molecular flexibility index (Phi) is 3.47. The molecule has 2 heterocycles. The Morgan fingerprint density at radius 3 is 3.00 bits per heavy atom. The molecule has 102 valence electrons. The lowest BCUT2D eigenvalue weighted by molar-refractivity contribution is 0.792. The van der Waals surface area contributed by atoms with E-state index in [0.29, 0.717) is 11.6 Å². The maximum Gasteiger partial charge on any atom is 0.137 e. The highest BCUT2D eigenvalue weighted by Crippen LogP contribution is 2.23. The van der Waals surface area contributed by atoms with E-state index in [9.17, 15) is 0 Å². The van der Waals surface area contributed by atoms with Crippen LogP contribution in [0.2, 0.25) is 0 Å². The molecule has 0 amide bonds. The topological polar surface area (TPSA) is 76.7 Å². The van der Waals surface area contributed by atoms with Crippen molar-refractivity contribution in [3.8, 4) is 0 Å². The molecule has 3 aromatic rings. The molecular weight excluding hydrogens is 270 g/mol. The molecule has 3 N–H and O–H groups in total. The molecule has 6 heteroatoms. The van der Waals surface area contributed by atoms with Crippen molar-refractivity contribution in [3.05, 3.63) is 41.1 Å². The SMILES string of the molecule is CC(CNc1ncnc2cc(N)ccc12)c1nccs1. The quantitative estimate of drug-likeness (QED) is 0.721. The van der Waals surface area contributed by atoms with Gasteiger partial charge in [0.15, 0.2) is 0 Å². The molecule has 20 heavy (non-hydrogen) atoms. The molecule has 2 aromatic heterocycles. The van der Waals surface area contributed by atoms with Crippen molar-refractivity contribution in [1.82, 2.24) is 15.0 Å². The lowest BCUT2D eigenvalue weighted by atomic mass is 10.2. The molecule has 1 unspecified atom stereocenters. The molecule has 0 bridgehead atoms. The highest BCUT2D eigenvalue weighted by molar-refractivity contribution is 7.09. The minimum atomic E-state index is 0.341. The summed E-state index contributed by atoms with van der Waals surface area (Å²) in [5, 5.41) is 7.47. The zero-order valence-electron chi connectivity index (χ0n) is 11.1. The summed E-state index contributed by atoms with van der Waals surface area (Å²) in [6.07, 6.45) is 3.39. The second kappa shape index (κ2) is 5.42. The van der Waals surface area contributed by atoms with Gasteiger partial charge in [0.25, 0.3) is 0 Å². The van der Waals surface area contributed by atoms with Crippen molar-refractivity contribution in [2.45, 2.75) is 12.8 Å². The minimum absolute atomic E-state index is 0.341. The smallest absolute Gasteiger partial charge is 0.137 e. The van der Waals surface area contributed by atoms with E-state index < -0.39 is 0 Å². The van der Waals surface area contributed by atoms with Crippen LogP contribution >= 0.6 is 11.3 Å². The number of thiazole rings is 1. The van der Waals surface area contributed by atoms with Gasteiger partial charge in [0.2, 0.25) is 0 Å². The molecule has 0 aliphatic carbocycles. The summed E-state index contributed by atoms with van der Waals surface area (Å²) >= 11 is 1.67. The molecule has 0 aliphatic rings. The average molecular weight is 285 g/mol. The number of aromatic nitrogens is 3. The summed E-state index contributed by atoms with van der Waals surface area (Å²) in [7, 11) is 0. The van der Waals surface area contributed by atoms with Crippen LogP contribution < -0.4 is 11.1 Å². The van der Waals surface area contributed by atoms with Crippen molar-refractivity contribution in [3.63, 3.8) is 0 Å². The summed E-state index contributed by atoms with van der Waals surface area (Å²) in [5.74, 6) is 1.17. The van der Waals surface area contributed by atoms with E-state index in [1.807, 2.05) is 29.8 Å². The standard InChI is InChI=1S/C14H15N5S/c1-9(14-16-4-5-20-14)7-17-13-11-3-2-10(15)6-12(11)18-8-19-13/h2-6,8-9H,7,15H2,1H3,(H,17,18,19).